The van der Waals surface area contributed by atoms with E-state index in [2.05, 4.69) is 22.0 Å². The smallest absolute Gasteiger partial charge is 0.144 e. The topological polar surface area (TPSA) is 0 Å². The summed E-state index contributed by atoms with van der Waals surface area (Å²) in [6.07, 6.45) is 4.23. The Bertz CT molecular complexity index is 65.6. The fourth-order valence-electron chi connectivity index (χ4n) is 0.393. The van der Waals surface area contributed by atoms with Crippen LogP contribution in [0, 0.1) is 0 Å². The average molecular weight is 145 g/mol. The second kappa shape index (κ2) is 3.81. The van der Waals surface area contributed by atoms with E-state index in [1.807, 2.05) is 0 Å². The van der Waals surface area contributed by atoms with Crippen LogP contribution >= 0.6 is 0 Å². The molecule has 0 radical (unpaired) electrons. The molecule has 0 atom stereocenters. The molecule has 0 unspecified atom stereocenters. The van der Waals surface area contributed by atoms with Crippen LogP contribution < -0.4 is 0 Å². The van der Waals surface area contributed by atoms with Gasteiger partial charge >= 0.3 is 15.2 Å². The largest absolute Gasteiger partial charge is 0.302 e. The van der Waals surface area contributed by atoms with Crippen LogP contribution in [-0.2, 0) is 19.5 Å². The van der Waals surface area contributed by atoms with E-state index in [4.69, 9.17) is 0 Å². The van der Waals surface area contributed by atoms with E-state index in [0.717, 1.165) is 0 Å². The van der Waals surface area contributed by atoms with Crippen molar-refractivity contribution in [2.24, 2.45) is 0 Å². The van der Waals surface area contributed by atoms with Gasteiger partial charge in [-0.3, -0.25) is 0 Å². The van der Waals surface area contributed by atoms with E-state index in [0.29, 0.717) is 0 Å². The first-order valence-corrected chi connectivity index (χ1v) is 3.45. The van der Waals surface area contributed by atoms with Crippen LogP contribution in [0.1, 0.15) is 0 Å². The third-order valence-corrected chi connectivity index (χ3v) is 1.74. The van der Waals surface area contributed by atoms with Gasteiger partial charge < -0.3 is 0 Å². The Morgan fingerprint density at radius 3 is 1.67 bits per heavy atom. The second-order valence-corrected chi connectivity index (χ2v) is 2.51. The Hall–Kier alpha value is 0.636. The summed E-state index contributed by atoms with van der Waals surface area (Å²) in [7, 11) is 0. The third kappa shape index (κ3) is 1.93. The Labute approximate surface area is 56.8 Å². The first-order valence-electron chi connectivity index (χ1n) is 1.82. The molecule has 1 aliphatic rings. The van der Waals surface area contributed by atoms with Gasteiger partial charge in [-0.25, -0.2) is 0 Å². The van der Waals surface area contributed by atoms with Gasteiger partial charge in [-0.15, -0.1) is 9.88 Å². The van der Waals surface area contributed by atoms with Crippen molar-refractivity contribution in [1.29, 1.82) is 0 Å². The van der Waals surface area contributed by atoms with Crippen molar-refractivity contribution >= 4 is 15.2 Å². The first-order chi connectivity index (χ1) is 2.50. The quantitative estimate of drug-likeness (QED) is 0.435. The molecule has 0 spiro atoms. The molecule has 0 N–H and O–H groups in total. The zero-order valence-electron chi connectivity index (χ0n) is 3.72. The minimum absolute atomic E-state index is 0. The van der Waals surface area contributed by atoms with Crippen molar-refractivity contribution in [3.05, 3.63) is 22.0 Å². The summed E-state index contributed by atoms with van der Waals surface area (Å²) < 4.78 is 0. The van der Waals surface area contributed by atoms with E-state index < -0.39 is 0 Å². The number of hydrogen-bond donors (Lipinski definition) is 0. The molecule has 1 aliphatic heterocycles. The molecule has 0 aliphatic carbocycles. The summed E-state index contributed by atoms with van der Waals surface area (Å²) in [6.45, 7) is 0. The van der Waals surface area contributed by atoms with Gasteiger partial charge in [-0.05, 0) is 0 Å². The number of hydrogen-bond acceptors (Lipinski definition) is 0. The maximum atomic E-state index is 2.26. The van der Waals surface area contributed by atoms with Crippen LogP contribution in [0.4, 0.5) is 0 Å². The van der Waals surface area contributed by atoms with Gasteiger partial charge in [0.2, 0.25) is 0 Å². The molecule has 26 valence electrons. The summed E-state index contributed by atoms with van der Waals surface area (Å²) in [4.78, 5) is 4.53. The molecule has 6 heavy (non-hydrogen) atoms. The standard InChI is InChI=1S/C4H4.Al.Zn.H/c1-3-4-2;;;/h1-4H;;;. The van der Waals surface area contributed by atoms with Crippen LogP contribution in [-0.4, -0.2) is 15.2 Å². The normalized spacial score (nSPS) is 13.3. The van der Waals surface area contributed by atoms with Gasteiger partial charge in [0.1, 0.15) is 0 Å². The van der Waals surface area contributed by atoms with Crippen molar-refractivity contribution < 1.29 is 19.5 Å². The van der Waals surface area contributed by atoms with Gasteiger partial charge in [-0.1, -0.05) is 12.2 Å². The molecule has 0 fully saturated rings. The molecule has 0 aromatic carbocycles. The van der Waals surface area contributed by atoms with Gasteiger partial charge in [0.05, 0.1) is 0 Å². The first kappa shape index (κ1) is 6.64. The van der Waals surface area contributed by atoms with Crippen LogP contribution in [0.2, 0.25) is 0 Å². The minimum Gasteiger partial charge on any atom is -0.144 e. The van der Waals surface area contributed by atoms with E-state index in [1.54, 1.807) is 0 Å². The zero-order chi connectivity index (χ0) is 3.54. The monoisotopic (exact) mass is 144 g/mol. The molecule has 0 bridgehead atoms. The van der Waals surface area contributed by atoms with E-state index in [-0.39, 0.29) is 34.7 Å². The van der Waals surface area contributed by atoms with Crippen molar-refractivity contribution in [2.75, 3.05) is 0 Å². The molecular weight excluding hydrogens is 140 g/mol. The maximum absolute atomic E-state index is 2.26. The molecule has 1 rings (SSSR count). The van der Waals surface area contributed by atoms with Crippen LogP contribution in [0.3, 0.4) is 0 Å². The Morgan fingerprint density at radius 2 is 1.50 bits per heavy atom. The molecule has 1 heterocycles. The van der Waals surface area contributed by atoms with Crippen molar-refractivity contribution in [3.8, 4) is 0 Å². The van der Waals surface area contributed by atoms with Crippen LogP contribution in [0.5, 0.6) is 0 Å². The molecular formula is C4H5AlZn. The van der Waals surface area contributed by atoms with Crippen molar-refractivity contribution in [3.63, 3.8) is 0 Å². The molecule has 0 saturated heterocycles. The van der Waals surface area contributed by atoms with Gasteiger partial charge in [0, 0.05) is 19.5 Å². The molecule has 0 aromatic rings. The van der Waals surface area contributed by atoms with E-state index >= 15 is 0 Å². The predicted octanol–water partition coefficient (Wildman–Crippen LogP) is 0.461. The average Bonchev–Trinajstić information content (AvgIpc) is 1.76. The van der Waals surface area contributed by atoms with Gasteiger partial charge in [-0.2, -0.15) is 0 Å². The third-order valence-electron chi connectivity index (χ3n) is 0.655. The fraction of sp³-hybridized carbons (Fsp3) is 0. The summed E-state index contributed by atoms with van der Waals surface area (Å²) in [5.74, 6) is 0. The van der Waals surface area contributed by atoms with Crippen molar-refractivity contribution in [1.82, 2.24) is 0 Å². The molecule has 0 amide bonds. The summed E-state index contributed by atoms with van der Waals surface area (Å²) in [5.41, 5.74) is 0. The van der Waals surface area contributed by atoms with Crippen LogP contribution in [0.15, 0.2) is 22.0 Å². The molecule has 2 heteroatoms. The predicted molar refractivity (Wildman–Crippen MR) is 25.4 cm³/mol. The van der Waals surface area contributed by atoms with Gasteiger partial charge in [0.25, 0.3) is 0 Å². The molecule has 0 aromatic heterocycles. The minimum atomic E-state index is 0. The van der Waals surface area contributed by atoms with Gasteiger partial charge in [0.15, 0.2) is 0 Å². The molecule has 0 saturated carbocycles. The summed E-state index contributed by atoms with van der Waals surface area (Å²) in [5, 5.41) is 0. The van der Waals surface area contributed by atoms with E-state index in [1.165, 1.54) is 0 Å². The SMILES string of the molecule is C1=[CH][AlH][CH]=C1.[Zn]. The Kier molecular flexibility index (Phi) is 4.22. The van der Waals surface area contributed by atoms with Crippen LogP contribution in [0.25, 0.3) is 0 Å². The second-order valence-electron chi connectivity index (χ2n) is 1.09. The number of allylic oxidation sites excluding steroid dienone is 2. The summed E-state index contributed by atoms with van der Waals surface area (Å²) in [6, 6.07) is 0. The van der Waals surface area contributed by atoms with E-state index in [9.17, 15) is 0 Å². The fourth-order valence-corrected chi connectivity index (χ4v) is 1.18. The zero-order valence-corrected chi connectivity index (χ0v) is 8.10. The Balaban J connectivity index is 0.000000250. The molecule has 0 nitrogen and oxygen atoms in total. The Morgan fingerprint density at radius 1 is 1.00 bits per heavy atom. The maximum Gasteiger partial charge on any atom is 0.302 e. The number of rotatable bonds is 0. The summed E-state index contributed by atoms with van der Waals surface area (Å²) >= 11 is 0.182. The van der Waals surface area contributed by atoms with Crippen molar-refractivity contribution in [2.45, 2.75) is 0 Å².